The van der Waals surface area contributed by atoms with E-state index >= 15 is 0 Å². The average Bonchev–Trinajstić information content (AvgIpc) is 2.52. The van der Waals surface area contributed by atoms with Crippen molar-refractivity contribution in [2.24, 2.45) is 0 Å². The molecule has 1 heterocycles. The van der Waals surface area contributed by atoms with Crippen molar-refractivity contribution in [1.82, 2.24) is 9.55 Å². The number of carbonyl (C=O) groups excluding carboxylic acids is 1. The van der Waals surface area contributed by atoms with Gasteiger partial charge in [-0.1, -0.05) is 11.6 Å². The molecule has 0 aliphatic carbocycles. The highest BCUT2D eigenvalue weighted by Gasteiger charge is 2.39. The summed E-state index contributed by atoms with van der Waals surface area (Å²) >= 11 is 5.74. The van der Waals surface area contributed by atoms with Crippen LogP contribution in [0, 0.1) is 11.3 Å². The zero-order chi connectivity index (χ0) is 20.7. The van der Waals surface area contributed by atoms with Gasteiger partial charge in [-0.15, -0.1) is 0 Å². The van der Waals surface area contributed by atoms with Crippen LogP contribution in [0.25, 0.3) is 5.69 Å². The number of ketones is 1. The number of aromatic nitrogens is 2. The van der Waals surface area contributed by atoms with Crippen LogP contribution >= 0.6 is 11.6 Å². The molecule has 0 spiro atoms. The van der Waals surface area contributed by atoms with Crippen molar-refractivity contribution in [3.8, 4) is 11.8 Å². The van der Waals surface area contributed by atoms with Crippen molar-refractivity contribution in [1.29, 1.82) is 5.26 Å². The van der Waals surface area contributed by atoms with Gasteiger partial charge < -0.3 is 0 Å². The topological polar surface area (TPSA) is 75.8 Å². The van der Waals surface area contributed by atoms with Crippen LogP contribution in [0.1, 0.15) is 34.1 Å². The minimum Gasteiger partial charge on any atom is -0.294 e. The fourth-order valence-electron chi connectivity index (χ4n) is 2.24. The Morgan fingerprint density at radius 3 is 2.22 bits per heavy atom. The molecule has 2 aromatic rings. The fraction of sp³-hybridized carbons (Fsp3) is 0.200. The number of carbonyl (C=O) groups is 1. The summed E-state index contributed by atoms with van der Waals surface area (Å²) in [5, 5.41) is 8.35. The van der Waals surface area contributed by atoms with Crippen LogP contribution < -0.4 is 5.56 Å². The maximum atomic E-state index is 13.0. The molecule has 0 radical (unpaired) electrons. The summed E-state index contributed by atoms with van der Waals surface area (Å²) in [6.07, 6.45) is -9.64. The van der Waals surface area contributed by atoms with Crippen LogP contribution in [0.5, 0.6) is 0 Å². The van der Waals surface area contributed by atoms with E-state index in [0.717, 1.165) is 0 Å². The molecule has 27 heavy (non-hydrogen) atoms. The zero-order valence-electron chi connectivity index (χ0n) is 13.0. The van der Waals surface area contributed by atoms with Gasteiger partial charge in [-0.05, 0) is 19.1 Å². The van der Waals surface area contributed by atoms with Crippen LogP contribution in [-0.2, 0) is 12.4 Å². The van der Waals surface area contributed by atoms with E-state index in [2.05, 4.69) is 4.98 Å². The molecular formula is C15H6ClF6N3O2. The van der Waals surface area contributed by atoms with Gasteiger partial charge in [0.1, 0.15) is 18.0 Å². The summed E-state index contributed by atoms with van der Waals surface area (Å²) < 4.78 is 77.7. The third-order valence-corrected chi connectivity index (χ3v) is 3.63. The minimum absolute atomic E-state index is 0.326. The van der Waals surface area contributed by atoms with E-state index in [1.165, 1.54) is 6.07 Å². The van der Waals surface area contributed by atoms with Gasteiger partial charge in [-0.2, -0.15) is 31.6 Å². The van der Waals surface area contributed by atoms with Crippen LogP contribution in [0.15, 0.2) is 23.3 Å². The summed E-state index contributed by atoms with van der Waals surface area (Å²) in [6, 6.07) is 2.16. The van der Waals surface area contributed by atoms with Gasteiger partial charge in [0, 0.05) is 0 Å². The summed E-state index contributed by atoms with van der Waals surface area (Å²) in [5.74, 6) is -1.27. The van der Waals surface area contributed by atoms with E-state index in [4.69, 9.17) is 16.9 Å². The third-order valence-electron chi connectivity index (χ3n) is 3.34. The maximum absolute atomic E-state index is 13.0. The molecule has 1 aromatic carbocycles. The second-order valence-electron chi connectivity index (χ2n) is 5.16. The van der Waals surface area contributed by atoms with Crippen molar-refractivity contribution in [2.45, 2.75) is 19.3 Å². The Bertz CT molecular complexity index is 1030. The van der Waals surface area contributed by atoms with E-state index in [-0.39, 0.29) is 0 Å². The number of nitriles is 1. The number of halogens is 7. The van der Waals surface area contributed by atoms with Crippen LogP contribution in [0.3, 0.4) is 0 Å². The number of Topliss-reactive ketones (excluding diaryl/α,β-unsaturated/α-hetero) is 1. The molecule has 1 aromatic heterocycles. The molecule has 0 bridgehead atoms. The zero-order valence-corrected chi connectivity index (χ0v) is 13.8. The van der Waals surface area contributed by atoms with E-state index in [1.807, 2.05) is 0 Å². The Hall–Kier alpha value is -2.87. The highest BCUT2D eigenvalue weighted by molar-refractivity contribution is 6.32. The van der Waals surface area contributed by atoms with Crippen LogP contribution in [-0.4, -0.2) is 15.3 Å². The summed E-state index contributed by atoms with van der Waals surface area (Å²) in [5.41, 5.74) is -7.27. The molecule has 0 saturated carbocycles. The Morgan fingerprint density at radius 1 is 1.19 bits per heavy atom. The quantitative estimate of drug-likeness (QED) is 0.555. The van der Waals surface area contributed by atoms with E-state index in [0.29, 0.717) is 30.0 Å². The molecule has 0 atom stereocenters. The van der Waals surface area contributed by atoms with E-state index in [1.54, 1.807) is 0 Å². The lowest BCUT2D eigenvalue weighted by atomic mass is 10.1. The standard InChI is InChI=1S/C15H6ClF6N3O2/c1-6(26)10-12(15(20,21)22)24-5-25(13(10)27)11-7(4-23)2-8(3-9(11)16)14(17,18)19/h2-3,5H,1H3. The van der Waals surface area contributed by atoms with Gasteiger partial charge in [0.15, 0.2) is 11.5 Å². The first-order valence-electron chi connectivity index (χ1n) is 6.80. The average molecular weight is 410 g/mol. The van der Waals surface area contributed by atoms with Crippen molar-refractivity contribution >= 4 is 17.4 Å². The first kappa shape index (κ1) is 20.4. The maximum Gasteiger partial charge on any atom is 0.434 e. The lowest BCUT2D eigenvalue weighted by molar-refractivity contribution is -0.141. The van der Waals surface area contributed by atoms with Gasteiger partial charge in [0.05, 0.1) is 21.8 Å². The highest BCUT2D eigenvalue weighted by Crippen LogP contribution is 2.35. The first-order chi connectivity index (χ1) is 12.3. The predicted octanol–water partition coefficient (Wildman–Crippen LogP) is 4.00. The molecule has 0 aliphatic heterocycles. The van der Waals surface area contributed by atoms with Crippen molar-refractivity contribution < 1.29 is 31.1 Å². The SMILES string of the molecule is CC(=O)c1c(C(F)(F)F)ncn(-c2c(Cl)cc(C(F)(F)F)cc2C#N)c1=O. The molecule has 0 N–H and O–H groups in total. The molecule has 5 nitrogen and oxygen atoms in total. The molecule has 2 rings (SSSR count). The van der Waals surface area contributed by atoms with Crippen LogP contribution in [0.2, 0.25) is 5.02 Å². The number of rotatable bonds is 2. The predicted molar refractivity (Wildman–Crippen MR) is 79.6 cm³/mol. The molecule has 0 fully saturated rings. The number of hydrogen-bond donors (Lipinski definition) is 0. The molecule has 0 amide bonds. The van der Waals surface area contributed by atoms with Crippen LogP contribution in [0.4, 0.5) is 26.3 Å². The molecule has 0 saturated heterocycles. The Labute approximate surface area is 151 Å². The number of nitrogens with zero attached hydrogens (tertiary/aromatic N) is 3. The van der Waals surface area contributed by atoms with Gasteiger partial charge >= 0.3 is 12.4 Å². The van der Waals surface area contributed by atoms with Gasteiger partial charge in [0.2, 0.25) is 0 Å². The van der Waals surface area contributed by atoms with Crippen molar-refractivity contribution in [3.05, 3.63) is 56.2 Å². The number of hydrogen-bond acceptors (Lipinski definition) is 4. The first-order valence-corrected chi connectivity index (χ1v) is 7.17. The third kappa shape index (κ3) is 3.80. The molecule has 12 heteroatoms. The summed E-state index contributed by atoms with van der Waals surface area (Å²) in [6.45, 7) is 0.692. The summed E-state index contributed by atoms with van der Waals surface area (Å²) in [4.78, 5) is 27.0. The van der Waals surface area contributed by atoms with Crippen molar-refractivity contribution in [2.75, 3.05) is 0 Å². The van der Waals surface area contributed by atoms with Gasteiger partial charge in [0.25, 0.3) is 5.56 Å². The van der Waals surface area contributed by atoms with E-state index < -0.39 is 56.8 Å². The monoisotopic (exact) mass is 409 g/mol. The highest BCUT2D eigenvalue weighted by atomic mass is 35.5. The Balaban J connectivity index is 2.89. The largest absolute Gasteiger partial charge is 0.434 e. The molecule has 0 unspecified atom stereocenters. The van der Waals surface area contributed by atoms with E-state index in [9.17, 15) is 35.9 Å². The minimum atomic E-state index is -5.12. The molecule has 0 aliphatic rings. The fourth-order valence-corrected chi connectivity index (χ4v) is 2.55. The number of alkyl halides is 6. The Kier molecular flexibility index (Phi) is 5.07. The molecule has 142 valence electrons. The van der Waals surface area contributed by atoms with Gasteiger partial charge in [-0.25, -0.2) is 4.98 Å². The summed E-state index contributed by atoms with van der Waals surface area (Å²) in [7, 11) is 0. The van der Waals surface area contributed by atoms with Gasteiger partial charge in [-0.3, -0.25) is 14.2 Å². The second-order valence-corrected chi connectivity index (χ2v) is 5.57. The normalized spacial score (nSPS) is 12.0. The molecular weight excluding hydrogens is 404 g/mol. The van der Waals surface area contributed by atoms with Crippen molar-refractivity contribution in [3.63, 3.8) is 0 Å². The lowest BCUT2D eigenvalue weighted by Gasteiger charge is -2.16. The smallest absolute Gasteiger partial charge is 0.294 e. The Morgan fingerprint density at radius 2 is 1.78 bits per heavy atom. The lowest BCUT2D eigenvalue weighted by Crippen LogP contribution is -2.31. The number of benzene rings is 1. The second kappa shape index (κ2) is 6.70.